The van der Waals surface area contributed by atoms with Crippen LogP contribution in [-0.2, 0) is 4.74 Å². The van der Waals surface area contributed by atoms with E-state index in [1.165, 1.54) is 0 Å². The second kappa shape index (κ2) is 5.95. The molecule has 1 fully saturated rings. The highest BCUT2D eigenvalue weighted by atomic mass is 16.5. The molecule has 0 N–H and O–H groups in total. The van der Waals surface area contributed by atoms with Crippen LogP contribution >= 0.6 is 0 Å². The van der Waals surface area contributed by atoms with Crippen molar-refractivity contribution in [1.29, 1.82) is 5.26 Å². The quantitative estimate of drug-likeness (QED) is 0.617. The zero-order valence-electron chi connectivity index (χ0n) is 8.33. The number of hydrogen-bond acceptors (Lipinski definition) is 3. The van der Waals surface area contributed by atoms with Crippen LogP contribution in [0.1, 0.15) is 25.7 Å². The Bertz CT molecular complexity index is 170. The molecule has 3 nitrogen and oxygen atoms in total. The molecule has 0 aromatic carbocycles. The highest BCUT2D eigenvalue weighted by Crippen LogP contribution is 2.12. The third-order valence-electron chi connectivity index (χ3n) is 2.61. The van der Waals surface area contributed by atoms with Gasteiger partial charge in [0.1, 0.15) is 0 Å². The molecular weight excluding hydrogens is 164 g/mol. The van der Waals surface area contributed by atoms with Crippen molar-refractivity contribution in [3.05, 3.63) is 0 Å². The summed E-state index contributed by atoms with van der Waals surface area (Å²) in [7, 11) is 2.15. The molecule has 0 aromatic heterocycles. The SMILES string of the molecule is CN(CCCC#N)C1CCOCC1. The van der Waals surface area contributed by atoms with Crippen molar-refractivity contribution in [3.63, 3.8) is 0 Å². The number of nitrogens with zero attached hydrogens (tertiary/aromatic N) is 2. The predicted molar refractivity (Wildman–Crippen MR) is 51.3 cm³/mol. The molecule has 0 aromatic rings. The average molecular weight is 182 g/mol. The molecule has 0 bridgehead atoms. The summed E-state index contributed by atoms with van der Waals surface area (Å²) in [5.41, 5.74) is 0. The van der Waals surface area contributed by atoms with Gasteiger partial charge in [0.2, 0.25) is 0 Å². The van der Waals surface area contributed by atoms with Gasteiger partial charge < -0.3 is 9.64 Å². The fraction of sp³-hybridized carbons (Fsp3) is 0.900. The molecule has 0 amide bonds. The van der Waals surface area contributed by atoms with Gasteiger partial charge in [-0.2, -0.15) is 5.26 Å². The van der Waals surface area contributed by atoms with E-state index in [2.05, 4.69) is 18.0 Å². The summed E-state index contributed by atoms with van der Waals surface area (Å²) >= 11 is 0. The van der Waals surface area contributed by atoms with Gasteiger partial charge in [-0.1, -0.05) is 0 Å². The minimum Gasteiger partial charge on any atom is -0.381 e. The van der Waals surface area contributed by atoms with Crippen molar-refractivity contribution >= 4 is 0 Å². The van der Waals surface area contributed by atoms with Crippen LogP contribution in [0.3, 0.4) is 0 Å². The maximum atomic E-state index is 8.40. The van der Waals surface area contributed by atoms with E-state index in [0.717, 1.165) is 39.0 Å². The largest absolute Gasteiger partial charge is 0.381 e. The van der Waals surface area contributed by atoms with Gasteiger partial charge in [0.15, 0.2) is 0 Å². The first-order valence-corrected chi connectivity index (χ1v) is 4.99. The van der Waals surface area contributed by atoms with Gasteiger partial charge in [0, 0.05) is 25.7 Å². The minimum atomic E-state index is 0.674. The molecule has 1 aliphatic heterocycles. The summed E-state index contributed by atoms with van der Waals surface area (Å²) < 4.78 is 5.30. The Morgan fingerprint density at radius 2 is 2.15 bits per heavy atom. The predicted octanol–water partition coefficient (Wildman–Crippen LogP) is 1.40. The molecule has 0 aliphatic carbocycles. The van der Waals surface area contributed by atoms with Gasteiger partial charge >= 0.3 is 0 Å². The third kappa shape index (κ3) is 3.75. The van der Waals surface area contributed by atoms with Gasteiger partial charge in [-0.15, -0.1) is 0 Å². The van der Waals surface area contributed by atoms with E-state index in [9.17, 15) is 0 Å². The molecule has 74 valence electrons. The highest BCUT2D eigenvalue weighted by molar-refractivity contribution is 4.74. The molecule has 1 heterocycles. The number of nitriles is 1. The Balaban J connectivity index is 2.14. The molecule has 13 heavy (non-hydrogen) atoms. The lowest BCUT2D eigenvalue weighted by Gasteiger charge is -2.30. The van der Waals surface area contributed by atoms with Gasteiger partial charge in [0.05, 0.1) is 6.07 Å². The van der Waals surface area contributed by atoms with E-state index in [-0.39, 0.29) is 0 Å². The van der Waals surface area contributed by atoms with Crippen molar-refractivity contribution in [2.45, 2.75) is 31.7 Å². The molecular formula is C10H18N2O. The molecule has 0 spiro atoms. The Labute approximate surface area is 80.3 Å². The summed E-state index contributed by atoms with van der Waals surface area (Å²) in [5.74, 6) is 0. The summed E-state index contributed by atoms with van der Waals surface area (Å²) in [6.07, 6.45) is 3.95. The van der Waals surface area contributed by atoms with Gasteiger partial charge in [-0.3, -0.25) is 0 Å². The van der Waals surface area contributed by atoms with Gasteiger partial charge in [0.25, 0.3) is 0 Å². The lowest BCUT2D eigenvalue weighted by molar-refractivity contribution is 0.0429. The smallest absolute Gasteiger partial charge is 0.0622 e. The fourth-order valence-electron chi connectivity index (χ4n) is 1.72. The number of ether oxygens (including phenoxy) is 1. The fourth-order valence-corrected chi connectivity index (χ4v) is 1.72. The normalized spacial score (nSPS) is 18.8. The third-order valence-corrected chi connectivity index (χ3v) is 2.61. The van der Waals surface area contributed by atoms with E-state index < -0.39 is 0 Å². The molecule has 1 saturated heterocycles. The first-order valence-electron chi connectivity index (χ1n) is 4.99. The first kappa shape index (κ1) is 10.5. The molecule has 0 unspecified atom stereocenters. The Hall–Kier alpha value is -0.590. The van der Waals surface area contributed by atoms with Crippen LogP contribution in [0.2, 0.25) is 0 Å². The summed E-state index contributed by atoms with van der Waals surface area (Å²) in [6, 6.07) is 2.85. The van der Waals surface area contributed by atoms with Crippen molar-refractivity contribution in [3.8, 4) is 6.07 Å². The van der Waals surface area contributed by atoms with E-state index >= 15 is 0 Å². The highest BCUT2D eigenvalue weighted by Gasteiger charge is 2.17. The van der Waals surface area contributed by atoms with E-state index in [1.807, 2.05) is 0 Å². The number of rotatable bonds is 4. The van der Waals surface area contributed by atoms with Crippen molar-refractivity contribution in [2.24, 2.45) is 0 Å². The maximum Gasteiger partial charge on any atom is 0.0622 e. The van der Waals surface area contributed by atoms with Gasteiger partial charge in [-0.05, 0) is 32.9 Å². The molecule has 0 radical (unpaired) electrons. The summed E-state index contributed by atoms with van der Waals surface area (Å²) in [4.78, 5) is 2.36. The van der Waals surface area contributed by atoms with Crippen LogP contribution in [0.15, 0.2) is 0 Å². The number of hydrogen-bond donors (Lipinski definition) is 0. The van der Waals surface area contributed by atoms with Crippen LogP contribution in [0.5, 0.6) is 0 Å². The van der Waals surface area contributed by atoms with Gasteiger partial charge in [-0.25, -0.2) is 0 Å². The Morgan fingerprint density at radius 1 is 1.46 bits per heavy atom. The summed E-state index contributed by atoms with van der Waals surface area (Å²) in [6.45, 7) is 2.83. The van der Waals surface area contributed by atoms with Crippen molar-refractivity contribution < 1.29 is 4.74 Å². The molecule has 3 heteroatoms. The first-order chi connectivity index (χ1) is 6.34. The topological polar surface area (TPSA) is 36.3 Å². The lowest BCUT2D eigenvalue weighted by Crippen LogP contribution is -2.37. The van der Waals surface area contributed by atoms with Crippen molar-refractivity contribution in [2.75, 3.05) is 26.8 Å². The molecule has 0 saturated carbocycles. The lowest BCUT2D eigenvalue weighted by atomic mass is 10.1. The summed E-state index contributed by atoms with van der Waals surface area (Å²) in [5, 5.41) is 8.40. The van der Waals surface area contributed by atoms with E-state index in [4.69, 9.17) is 10.00 Å². The van der Waals surface area contributed by atoms with Crippen molar-refractivity contribution in [1.82, 2.24) is 4.90 Å². The average Bonchev–Trinajstić information content (AvgIpc) is 2.19. The minimum absolute atomic E-state index is 0.674. The molecule has 0 atom stereocenters. The van der Waals surface area contributed by atoms with Crippen LogP contribution in [0.4, 0.5) is 0 Å². The Kier molecular flexibility index (Phi) is 4.81. The van der Waals surface area contributed by atoms with Crippen LogP contribution < -0.4 is 0 Å². The van der Waals surface area contributed by atoms with Crippen LogP contribution in [0.25, 0.3) is 0 Å². The van der Waals surface area contributed by atoms with E-state index in [1.54, 1.807) is 0 Å². The molecule has 1 rings (SSSR count). The van der Waals surface area contributed by atoms with Crippen LogP contribution in [-0.4, -0.2) is 37.7 Å². The zero-order valence-corrected chi connectivity index (χ0v) is 8.33. The number of unbranched alkanes of at least 4 members (excludes halogenated alkanes) is 1. The second-order valence-corrected chi connectivity index (χ2v) is 3.59. The standard InChI is InChI=1S/C10H18N2O/c1-12(7-3-2-6-11)10-4-8-13-9-5-10/h10H,2-5,7-9H2,1H3. The monoisotopic (exact) mass is 182 g/mol. The molecule has 1 aliphatic rings. The second-order valence-electron chi connectivity index (χ2n) is 3.59. The maximum absolute atomic E-state index is 8.40. The van der Waals surface area contributed by atoms with E-state index in [0.29, 0.717) is 12.5 Å². The van der Waals surface area contributed by atoms with Crippen LogP contribution in [0, 0.1) is 11.3 Å². The Morgan fingerprint density at radius 3 is 2.77 bits per heavy atom. The zero-order chi connectivity index (χ0) is 9.52.